The molecule has 0 spiro atoms. The molecule has 2 aromatic heterocycles. The van der Waals surface area contributed by atoms with E-state index in [4.69, 9.17) is 5.11 Å². The summed E-state index contributed by atoms with van der Waals surface area (Å²) in [5, 5.41) is 12.7. The first-order valence-electron chi connectivity index (χ1n) is 4.50. The number of aryl methyl sites for hydroxylation is 1. The average Bonchev–Trinajstić information content (AvgIpc) is 2.71. The number of carbonyl (C=O) groups is 1. The molecule has 0 aliphatic heterocycles. The maximum Gasteiger partial charge on any atom is 0.356 e. The minimum atomic E-state index is -1.05. The van der Waals surface area contributed by atoms with Gasteiger partial charge in [-0.05, 0) is 40.5 Å². The third-order valence-corrected chi connectivity index (χ3v) is 3.07. The number of nitrogens with zero attached hydrogens (tertiary/aromatic N) is 3. The molecule has 5 nitrogen and oxygen atoms in total. The Morgan fingerprint density at radius 2 is 2.25 bits per heavy atom. The summed E-state index contributed by atoms with van der Waals surface area (Å²) in [6.45, 7) is 1.93. The Bertz CT molecular complexity index is 551. The van der Waals surface area contributed by atoms with Gasteiger partial charge in [0.25, 0.3) is 0 Å². The maximum absolute atomic E-state index is 10.7. The van der Waals surface area contributed by atoms with Crippen LogP contribution in [0.15, 0.2) is 29.0 Å². The molecule has 0 amide bonds. The van der Waals surface area contributed by atoms with Crippen LogP contribution >= 0.6 is 15.9 Å². The lowest BCUT2D eigenvalue weighted by atomic mass is 10.3. The molecule has 0 unspecified atom stereocenters. The minimum Gasteiger partial charge on any atom is -0.476 e. The van der Waals surface area contributed by atoms with Crippen molar-refractivity contribution >= 4 is 21.9 Å². The number of hydrogen-bond donors (Lipinski definition) is 1. The molecule has 16 heavy (non-hydrogen) atoms. The van der Waals surface area contributed by atoms with Gasteiger partial charge in [0, 0.05) is 12.4 Å². The van der Waals surface area contributed by atoms with Gasteiger partial charge in [-0.2, -0.15) is 5.10 Å². The molecule has 0 aromatic carbocycles. The van der Waals surface area contributed by atoms with Gasteiger partial charge in [-0.15, -0.1) is 0 Å². The van der Waals surface area contributed by atoms with Gasteiger partial charge < -0.3 is 5.11 Å². The molecule has 82 valence electrons. The van der Waals surface area contributed by atoms with Crippen LogP contribution in [0.5, 0.6) is 0 Å². The number of aromatic carboxylic acids is 1. The third kappa shape index (κ3) is 1.83. The Morgan fingerprint density at radius 1 is 1.50 bits per heavy atom. The quantitative estimate of drug-likeness (QED) is 0.915. The number of carboxylic acids is 1. The van der Waals surface area contributed by atoms with Crippen LogP contribution in [0.2, 0.25) is 0 Å². The molecule has 0 atom stereocenters. The van der Waals surface area contributed by atoms with Crippen LogP contribution in [0.3, 0.4) is 0 Å². The standard InChI is InChI=1S/C10H8BrN3O2/c1-6-2-4-12-9(8(6)11)14-5-3-7(13-14)10(15)16/h2-5H,1H3,(H,15,16). The monoisotopic (exact) mass is 281 g/mol. The first-order valence-corrected chi connectivity index (χ1v) is 5.29. The first-order chi connectivity index (χ1) is 7.59. The van der Waals surface area contributed by atoms with Gasteiger partial charge in [0.2, 0.25) is 0 Å². The second-order valence-corrected chi connectivity index (χ2v) is 4.01. The molecule has 0 aliphatic rings. The highest BCUT2D eigenvalue weighted by Gasteiger charge is 2.11. The lowest BCUT2D eigenvalue weighted by molar-refractivity contribution is 0.0690. The van der Waals surface area contributed by atoms with E-state index in [9.17, 15) is 4.79 Å². The fourth-order valence-corrected chi connectivity index (χ4v) is 1.66. The fraction of sp³-hybridized carbons (Fsp3) is 0.100. The van der Waals surface area contributed by atoms with Crippen molar-refractivity contribution in [2.75, 3.05) is 0 Å². The lowest BCUT2D eigenvalue weighted by Gasteiger charge is -2.04. The molecule has 0 radical (unpaired) electrons. The second kappa shape index (κ2) is 4.05. The molecular formula is C10H8BrN3O2. The van der Waals surface area contributed by atoms with Crippen molar-refractivity contribution in [2.45, 2.75) is 6.92 Å². The van der Waals surface area contributed by atoms with Crippen molar-refractivity contribution in [1.29, 1.82) is 0 Å². The largest absolute Gasteiger partial charge is 0.476 e. The topological polar surface area (TPSA) is 68.0 Å². The molecule has 2 heterocycles. The average molecular weight is 282 g/mol. The van der Waals surface area contributed by atoms with E-state index in [1.165, 1.54) is 10.7 Å². The Labute approximate surface area is 99.9 Å². The van der Waals surface area contributed by atoms with Gasteiger partial charge in [0.1, 0.15) is 0 Å². The second-order valence-electron chi connectivity index (χ2n) is 3.22. The van der Waals surface area contributed by atoms with Crippen LogP contribution in [0.4, 0.5) is 0 Å². The van der Waals surface area contributed by atoms with Crippen LogP contribution in [0.25, 0.3) is 5.82 Å². The van der Waals surface area contributed by atoms with Crippen LogP contribution in [-0.2, 0) is 0 Å². The van der Waals surface area contributed by atoms with E-state index >= 15 is 0 Å². The molecule has 2 aromatic rings. The Hall–Kier alpha value is -1.69. The van der Waals surface area contributed by atoms with Crippen LogP contribution in [0.1, 0.15) is 16.1 Å². The van der Waals surface area contributed by atoms with Gasteiger partial charge in [-0.1, -0.05) is 0 Å². The van der Waals surface area contributed by atoms with Crippen molar-refractivity contribution in [2.24, 2.45) is 0 Å². The van der Waals surface area contributed by atoms with E-state index in [1.54, 1.807) is 12.4 Å². The maximum atomic E-state index is 10.7. The van der Waals surface area contributed by atoms with E-state index in [0.717, 1.165) is 10.0 Å². The third-order valence-electron chi connectivity index (χ3n) is 2.09. The van der Waals surface area contributed by atoms with Crippen LogP contribution in [-0.4, -0.2) is 25.8 Å². The van der Waals surface area contributed by atoms with Gasteiger partial charge in [0.15, 0.2) is 11.5 Å². The van der Waals surface area contributed by atoms with Crippen molar-refractivity contribution < 1.29 is 9.90 Å². The normalized spacial score (nSPS) is 10.4. The number of hydrogen-bond acceptors (Lipinski definition) is 3. The zero-order chi connectivity index (χ0) is 11.7. The Morgan fingerprint density at radius 3 is 2.88 bits per heavy atom. The number of pyridine rings is 1. The van der Waals surface area contributed by atoms with E-state index in [1.807, 2.05) is 13.0 Å². The predicted octanol–water partition coefficient (Wildman–Crippen LogP) is 2.04. The molecule has 0 aliphatic carbocycles. The number of carboxylic acid groups (broad SMARTS) is 1. The van der Waals surface area contributed by atoms with E-state index in [0.29, 0.717) is 5.82 Å². The van der Waals surface area contributed by atoms with Gasteiger partial charge >= 0.3 is 5.97 Å². The summed E-state index contributed by atoms with van der Waals surface area (Å²) in [7, 11) is 0. The fourth-order valence-electron chi connectivity index (χ4n) is 1.24. The van der Waals surface area contributed by atoms with Crippen molar-refractivity contribution in [3.05, 3.63) is 40.3 Å². The molecule has 0 fully saturated rings. The minimum absolute atomic E-state index is 0.00444. The van der Waals surface area contributed by atoms with Crippen LogP contribution in [0, 0.1) is 6.92 Å². The van der Waals surface area contributed by atoms with Crippen molar-refractivity contribution in [3.63, 3.8) is 0 Å². The molecule has 2 rings (SSSR count). The highest BCUT2D eigenvalue weighted by molar-refractivity contribution is 9.10. The number of rotatable bonds is 2. The Balaban J connectivity index is 2.50. The molecule has 0 bridgehead atoms. The summed E-state index contributed by atoms with van der Waals surface area (Å²) in [6.07, 6.45) is 3.22. The molecule has 1 N–H and O–H groups in total. The zero-order valence-electron chi connectivity index (χ0n) is 8.38. The summed E-state index contributed by atoms with van der Waals surface area (Å²) >= 11 is 3.39. The van der Waals surface area contributed by atoms with Gasteiger partial charge in [0.05, 0.1) is 4.47 Å². The molecule has 6 heteroatoms. The predicted molar refractivity (Wildman–Crippen MR) is 60.8 cm³/mol. The first kappa shape index (κ1) is 10.8. The van der Waals surface area contributed by atoms with Crippen LogP contribution < -0.4 is 0 Å². The highest BCUT2D eigenvalue weighted by atomic mass is 79.9. The number of halogens is 1. The molecular weight excluding hydrogens is 274 g/mol. The summed E-state index contributed by atoms with van der Waals surface area (Å²) in [5.74, 6) is -0.477. The van der Waals surface area contributed by atoms with Crippen molar-refractivity contribution in [1.82, 2.24) is 14.8 Å². The molecule has 0 saturated carbocycles. The molecule has 0 saturated heterocycles. The van der Waals surface area contributed by atoms with Gasteiger partial charge in [-0.3, -0.25) is 0 Å². The summed E-state index contributed by atoms with van der Waals surface area (Å²) in [6, 6.07) is 3.29. The zero-order valence-corrected chi connectivity index (χ0v) is 9.97. The SMILES string of the molecule is Cc1ccnc(-n2ccc(C(=O)O)n2)c1Br. The highest BCUT2D eigenvalue weighted by Crippen LogP contribution is 2.21. The summed E-state index contributed by atoms with van der Waals surface area (Å²) in [5.41, 5.74) is 1.01. The smallest absolute Gasteiger partial charge is 0.356 e. The lowest BCUT2D eigenvalue weighted by Crippen LogP contribution is -2.03. The number of aromatic nitrogens is 3. The van der Waals surface area contributed by atoms with Gasteiger partial charge in [-0.25, -0.2) is 14.5 Å². The summed E-state index contributed by atoms with van der Waals surface area (Å²) < 4.78 is 2.23. The van der Waals surface area contributed by atoms with Crippen molar-refractivity contribution in [3.8, 4) is 5.82 Å². The van der Waals surface area contributed by atoms with E-state index in [2.05, 4.69) is 26.0 Å². The van der Waals surface area contributed by atoms with E-state index < -0.39 is 5.97 Å². The summed E-state index contributed by atoms with van der Waals surface area (Å²) in [4.78, 5) is 14.8. The Kier molecular flexibility index (Phi) is 2.74. The van der Waals surface area contributed by atoms with E-state index in [-0.39, 0.29) is 5.69 Å².